The van der Waals surface area contributed by atoms with Crippen LogP contribution in [0.5, 0.6) is 0 Å². The van der Waals surface area contributed by atoms with Gasteiger partial charge in [-0.1, -0.05) is 31.7 Å². The topological polar surface area (TPSA) is 19.9 Å². The van der Waals surface area contributed by atoms with Gasteiger partial charge in [-0.15, -0.1) is 0 Å². The highest BCUT2D eigenvalue weighted by Crippen LogP contribution is 2.25. The van der Waals surface area contributed by atoms with Crippen LogP contribution in [0.2, 0.25) is 0 Å². The summed E-state index contributed by atoms with van der Waals surface area (Å²) in [6, 6.07) is 0. The lowest BCUT2D eigenvalue weighted by molar-refractivity contribution is 0.0725. The average molecular weight is 162 g/mol. The van der Waals surface area contributed by atoms with Gasteiger partial charge in [0.15, 0.2) is 0 Å². The third kappa shape index (κ3) is 1.86. The van der Waals surface area contributed by atoms with E-state index in [1.807, 2.05) is 31.6 Å². The smallest absolute Gasteiger partial charge is 0.0967 e. The second-order valence-electron chi connectivity index (χ2n) is 3.19. The fraction of sp³-hybridized carbons (Fsp3) is 0.364. The maximum absolute atomic E-state index is 11.2. The molecule has 0 fully saturated rings. The molecule has 0 heterocycles. The van der Waals surface area contributed by atoms with Crippen LogP contribution in [-0.4, -0.2) is 6.10 Å². The van der Waals surface area contributed by atoms with Gasteiger partial charge in [0, 0.05) is 12.3 Å². The lowest BCUT2D eigenvalue weighted by Gasteiger charge is -2.19. The van der Waals surface area contributed by atoms with Crippen LogP contribution in [0, 0.1) is 12.3 Å². The summed E-state index contributed by atoms with van der Waals surface area (Å²) in [5.41, 5.74) is 2.03. The first-order valence-corrected chi connectivity index (χ1v) is 4.19. The zero-order chi connectivity index (χ0) is 9.14. The predicted molar refractivity (Wildman–Crippen MR) is 50.0 cm³/mol. The van der Waals surface area contributed by atoms with Gasteiger partial charge in [-0.25, -0.2) is 5.11 Å². The molecule has 1 nitrogen and oxygen atoms in total. The van der Waals surface area contributed by atoms with Gasteiger partial charge in [-0.05, 0) is 18.1 Å². The van der Waals surface area contributed by atoms with Crippen LogP contribution in [0.4, 0.5) is 0 Å². The molecule has 2 radical (unpaired) electrons. The van der Waals surface area contributed by atoms with Gasteiger partial charge in [0.25, 0.3) is 0 Å². The first-order valence-electron chi connectivity index (χ1n) is 4.19. The average Bonchev–Trinajstić information content (AvgIpc) is 2.04. The molecule has 12 heavy (non-hydrogen) atoms. The van der Waals surface area contributed by atoms with E-state index in [4.69, 9.17) is 0 Å². The summed E-state index contributed by atoms with van der Waals surface area (Å²) in [4.78, 5) is 0. The normalized spacial score (nSPS) is 21.9. The van der Waals surface area contributed by atoms with Crippen molar-refractivity contribution in [1.82, 2.24) is 0 Å². The van der Waals surface area contributed by atoms with Crippen LogP contribution >= 0.6 is 0 Å². The van der Waals surface area contributed by atoms with E-state index in [0.29, 0.717) is 0 Å². The third-order valence-electron chi connectivity index (χ3n) is 2.25. The minimum atomic E-state index is -0.562. The fourth-order valence-corrected chi connectivity index (χ4v) is 1.23. The minimum absolute atomic E-state index is 0.0544. The molecule has 0 N–H and O–H groups in total. The monoisotopic (exact) mass is 162 g/mol. The molecule has 0 aromatic rings. The Morgan fingerprint density at radius 1 is 1.42 bits per heavy atom. The van der Waals surface area contributed by atoms with Gasteiger partial charge in [0.05, 0.1) is 6.10 Å². The van der Waals surface area contributed by atoms with Crippen molar-refractivity contribution in [2.75, 3.05) is 0 Å². The van der Waals surface area contributed by atoms with Crippen LogP contribution in [0.25, 0.3) is 0 Å². The molecule has 2 atom stereocenters. The largest absolute Gasteiger partial charge is 0.233 e. The van der Waals surface area contributed by atoms with Crippen LogP contribution in [0.3, 0.4) is 0 Å². The molecule has 0 aliphatic heterocycles. The summed E-state index contributed by atoms with van der Waals surface area (Å²) < 4.78 is 0. The van der Waals surface area contributed by atoms with Gasteiger partial charge in [0.1, 0.15) is 0 Å². The Balaban J connectivity index is 2.74. The number of hydrogen-bond acceptors (Lipinski definition) is 0. The van der Waals surface area contributed by atoms with Gasteiger partial charge in [0.2, 0.25) is 0 Å². The number of rotatable bonds is 2. The zero-order valence-electron chi connectivity index (χ0n) is 7.58. The van der Waals surface area contributed by atoms with Crippen LogP contribution in [0.15, 0.2) is 36.0 Å². The van der Waals surface area contributed by atoms with E-state index in [1.165, 1.54) is 0 Å². The Hall–Kier alpha value is -0.820. The zero-order valence-corrected chi connectivity index (χ0v) is 7.58. The lowest BCUT2D eigenvalue weighted by Crippen LogP contribution is -2.15. The Labute approximate surface area is 74.1 Å². The molecule has 0 bridgehead atoms. The highest BCUT2D eigenvalue weighted by Gasteiger charge is 2.17. The van der Waals surface area contributed by atoms with Gasteiger partial charge < -0.3 is 0 Å². The van der Waals surface area contributed by atoms with Crippen LogP contribution < -0.4 is 0 Å². The Kier molecular flexibility index (Phi) is 2.88. The van der Waals surface area contributed by atoms with E-state index in [-0.39, 0.29) is 5.92 Å². The fourth-order valence-electron chi connectivity index (χ4n) is 1.23. The van der Waals surface area contributed by atoms with Gasteiger partial charge in [-0.3, -0.25) is 0 Å². The van der Waals surface area contributed by atoms with Crippen molar-refractivity contribution in [3.63, 3.8) is 0 Å². The van der Waals surface area contributed by atoms with Crippen molar-refractivity contribution in [3.8, 4) is 0 Å². The maximum Gasteiger partial charge on any atom is 0.0967 e. The molecule has 2 unspecified atom stereocenters. The van der Waals surface area contributed by atoms with Crippen LogP contribution in [-0.2, 0) is 5.11 Å². The lowest BCUT2D eigenvalue weighted by atomic mass is 9.87. The second-order valence-corrected chi connectivity index (χ2v) is 3.19. The van der Waals surface area contributed by atoms with E-state index in [2.05, 4.69) is 6.58 Å². The van der Waals surface area contributed by atoms with Crippen molar-refractivity contribution in [3.05, 3.63) is 42.4 Å². The summed E-state index contributed by atoms with van der Waals surface area (Å²) in [6.07, 6.45) is 7.24. The highest BCUT2D eigenvalue weighted by atomic mass is 16.3. The Bertz CT molecular complexity index is 233. The van der Waals surface area contributed by atoms with E-state index in [9.17, 15) is 5.11 Å². The van der Waals surface area contributed by atoms with Crippen molar-refractivity contribution in [1.29, 1.82) is 0 Å². The van der Waals surface area contributed by atoms with E-state index in [1.54, 1.807) is 6.92 Å². The molecule has 1 rings (SSSR count). The summed E-state index contributed by atoms with van der Waals surface area (Å²) in [6.45, 7) is 7.52. The first-order chi connectivity index (χ1) is 5.63. The molecule has 1 aliphatic rings. The molecular weight excluding hydrogens is 148 g/mol. The molecule has 0 aromatic heterocycles. The standard InChI is InChI=1S/C11H14O/c1-8-6-4-5-7-11(8)9(2)10(3)12/h4-7,9-10H,1H2,2-3H3. The maximum atomic E-state index is 11.2. The summed E-state index contributed by atoms with van der Waals surface area (Å²) >= 11 is 0. The SMILES string of the molecule is C=C1C=C[CH]C=C1C(C)C(C)[O]. The van der Waals surface area contributed by atoms with E-state index in [0.717, 1.165) is 11.1 Å². The number of allylic oxidation sites excluding steroid dienone is 4. The van der Waals surface area contributed by atoms with Crippen molar-refractivity contribution in [2.24, 2.45) is 5.92 Å². The number of hydrogen-bond donors (Lipinski definition) is 0. The third-order valence-corrected chi connectivity index (χ3v) is 2.25. The quantitative estimate of drug-likeness (QED) is 0.595. The molecule has 0 amide bonds. The summed E-state index contributed by atoms with van der Waals surface area (Å²) in [5, 5.41) is 11.2. The molecule has 0 aromatic carbocycles. The highest BCUT2D eigenvalue weighted by molar-refractivity contribution is 5.46. The summed E-state index contributed by atoms with van der Waals surface area (Å²) in [5.74, 6) is 0.0544. The van der Waals surface area contributed by atoms with Gasteiger partial charge in [-0.2, -0.15) is 0 Å². The molecular formula is C11H14O. The molecule has 0 spiro atoms. The molecule has 64 valence electrons. The van der Waals surface area contributed by atoms with Gasteiger partial charge >= 0.3 is 0 Å². The Morgan fingerprint density at radius 2 is 2.08 bits per heavy atom. The Morgan fingerprint density at radius 3 is 2.58 bits per heavy atom. The van der Waals surface area contributed by atoms with Crippen molar-refractivity contribution in [2.45, 2.75) is 20.0 Å². The van der Waals surface area contributed by atoms with E-state index < -0.39 is 6.10 Å². The second kappa shape index (κ2) is 3.72. The molecule has 1 aliphatic carbocycles. The van der Waals surface area contributed by atoms with Crippen molar-refractivity contribution < 1.29 is 5.11 Å². The molecule has 0 saturated heterocycles. The van der Waals surface area contributed by atoms with E-state index >= 15 is 0 Å². The first kappa shape index (κ1) is 9.27. The van der Waals surface area contributed by atoms with Crippen molar-refractivity contribution >= 4 is 0 Å². The predicted octanol–water partition coefficient (Wildman–Crippen LogP) is 2.70. The molecule has 0 saturated carbocycles. The minimum Gasteiger partial charge on any atom is -0.233 e. The van der Waals surface area contributed by atoms with Crippen LogP contribution in [0.1, 0.15) is 13.8 Å². The molecule has 1 heteroatoms. The summed E-state index contributed by atoms with van der Waals surface area (Å²) in [7, 11) is 0.